The summed E-state index contributed by atoms with van der Waals surface area (Å²) >= 11 is 2.24. The molecular formula is C18H20IN5O2. The Balaban J connectivity index is 2.01. The van der Waals surface area contributed by atoms with Gasteiger partial charge in [0.1, 0.15) is 11.6 Å². The van der Waals surface area contributed by atoms with Crippen molar-refractivity contribution >= 4 is 45.6 Å². The first-order valence-corrected chi connectivity index (χ1v) is 9.39. The maximum atomic E-state index is 12.3. The highest BCUT2D eigenvalue weighted by Gasteiger charge is 2.25. The van der Waals surface area contributed by atoms with Crippen molar-refractivity contribution in [3.8, 4) is 0 Å². The monoisotopic (exact) mass is 465 g/mol. The molecule has 136 valence electrons. The van der Waals surface area contributed by atoms with Crippen LogP contribution in [0.2, 0.25) is 0 Å². The quantitative estimate of drug-likeness (QED) is 0.349. The molecule has 0 aliphatic heterocycles. The van der Waals surface area contributed by atoms with Gasteiger partial charge in [0.2, 0.25) is 11.9 Å². The van der Waals surface area contributed by atoms with Crippen LogP contribution in [0.5, 0.6) is 0 Å². The number of carbonyl (C=O) groups is 1. The molecule has 4 N–H and O–H groups in total. The average molecular weight is 465 g/mol. The lowest BCUT2D eigenvalue weighted by Gasteiger charge is -2.19. The van der Waals surface area contributed by atoms with Crippen LogP contribution >= 0.6 is 22.6 Å². The maximum absolute atomic E-state index is 12.3. The molecule has 0 spiro atoms. The summed E-state index contributed by atoms with van der Waals surface area (Å²) in [5, 5.41) is 12.2. The van der Waals surface area contributed by atoms with Crippen LogP contribution in [0.1, 0.15) is 18.0 Å². The number of rotatable bonds is 8. The number of amides is 1. The van der Waals surface area contributed by atoms with Gasteiger partial charge in [0, 0.05) is 29.3 Å². The summed E-state index contributed by atoms with van der Waals surface area (Å²) in [5.41, 5.74) is 8.04. The molecule has 26 heavy (non-hydrogen) atoms. The van der Waals surface area contributed by atoms with Crippen LogP contribution < -0.4 is 11.1 Å². The summed E-state index contributed by atoms with van der Waals surface area (Å²) in [4.78, 5) is 21.2. The molecule has 0 radical (unpaired) electrons. The number of benzene rings is 1. The Hall–Kier alpha value is -2.20. The number of aromatic nitrogens is 3. The van der Waals surface area contributed by atoms with Gasteiger partial charge in [0.15, 0.2) is 5.65 Å². The average Bonchev–Trinajstić information content (AvgIpc) is 2.99. The van der Waals surface area contributed by atoms with Crippen LogP contribution in [0.15, 0.2) is 42.6 Å². The predicted octanol–water partition coefficient (Wildman–Crippen LogP) is 2.10. The molecule has 0 saturated carbocycles. The number of fused-ring (bicyclic) bond motifs is 1. The fraction of sp³-hybridized carbons (Fsp3) is 0.278. The SMILES string of the molecule is NC(=O)C(Cc1ccc(I)cc1)n1c(NCCCO)nc2cccnc21. The highest BCUT2D eigenvalue weighted by Crippen LogP contribution is 2.26. The van der Waals surface area contributed by atoms with Crippen LogP contribution in [0.3, 0.4) is 0 Å². The lowest BCUT2D eigenvalue weighted by molar-refractivity contribution is -0.121. The smallest absolute Gasteiger partial charge is 0.241 e. The fourth-order valence-electron chi connectivity index (χ4n) is 2.79. The Morgan fingerprint density at radius 2 is 2.08 bits per heavy atom. The van der Waals surface area contributed by atoms with Gasteiger partial charge in [-0.05, 0) is 58.8 Å². The van der Waals surface area contributed by atoms with E-state index in [-0.39, 0.29) is 6.61 Å². The zero-order valence-corrected chi connectivity index (χ0v) is 16.3. The molecule has 0 saturated heterocycles. The molecule has 2 heterocycles. The van der Waals surface area contributed by atoms with Gasteiger partial charge < -0.3 is 16.2 Å². The van der Waals surface area contributed by atoms with Crippen molar-refractivity contribution in [2.75, 3.05) is 18.5 Å². The van der Waals surface area contributed by atoms with E-state index in [0.717, 1.165) is 9.13 Å². The zero-order valence-electron chi connectivity index (χ0n) is 14.1. The molecule has 7 nitrogen and oxygen atoms in total. The number of nitrogens with one attached hydrogen (secondary N) is 1. The van der Waals surface area contributed by atoms with Crippen LogP contribution in [-0.2, 0) is 11.2 Å². The van der Waals surface area contributed by atoms with Crippen LogP contribution in [-0.4, -0.2) is 38.7 Å². The number of hydrogen-bond acceptors (Lipinski definition) is 5. The van der Waals surface area contributed by atoms with Crippen molar-refractivity contribution in [3.05, 3.63) is 51.7 Å². The molecule has 3 rings (SSSR count). The molecule has 0 bridgehead atoms. The van der Waals surface area contributed by atoms with Gasteiger partial charge in [-0.25, -0.2) is 9.97 Å². The van der Waals surface area contributed by atoms with Crippen molar-refractivity contribution in [2.24, 2.45) is 5.73 Å². The van der Waals surface area contributed by atoms with Crippen LogP contribution in [0.25, 0.3) is 11.2 Å². The highest BCUT2D eigenvalue weighted by atomic mass is 127. The number of nitrogens with zero attached hydrogens (tertiary/aromatic N) is 3. The van der Waals surface area contributed by atoms with Gasteiger partial charge in [-0.15, -0.1) is 0 Å². The largest absolute Gasteiger partial charge is 0.396 e. The van der Waals surface area contributed by atoms with Crippen LogP contribution in [0, 0.1) is 3.57 Å². The number of imidazole rings is 1. The minimum Gasteiger partial charge on any atom is -0.396 e. The summed E-state index contributed by atoms with van der Waals surface area (Å²) in [5.74, 6) is 0.0835. The molecule has 3 aromatic rings. The maximum Gasteiger partial charge on any atom is 0.241 e. The number of carbonyl (C=O) groups excluding carboxylic acids is 1. The molecular weight excluding hydrogens is 445 g/mol. The van der Waals surface area contributed by atoms with Gasteiger partial charge in [0.25, 0.3) is 0 Å². The van der Waals surface area contributed by atoms with Gasteiger partial charge in [-0.3, -0.25) is 9.36 Å². The van der Waals surface area contributed by atoms with E-state index in [9.17, 15) is 4.79 Å². The molecule has 1 amide bonds. The van der Waals surface area contributed by atoms with Crippen molar-refractivity contribution in [3.63, 3.8) is 0 Å². The summed E-state index contributed by atoms with van der Waals surface area (Å²) < 4.78 is 2.88. The first-order valence-electron chi connectivity index (χ1n) is 8.31. The summed E-state index contributed by atoms with van der Waals surface area (Å²) in [7, 11) is 0. The molecule has 2 aromatic heterocycles. The number of aliphatic hydroxyl groups excluding tert-OH is 1. The minimum absolute atomic E-state index is 0.0768. The minimum atomic E-state index is -0.619. The second kappa shape index (κ2) is 8.45. The van der Waals surface area contributed by atoms with Crippen molar-refractivity contribution in [1.82, 2.24) is 14.5 Å². The Morgan fingerprint density at radius 1 is 1.31 bits per heavy atom. The second-order valence-electron chi connectivity index (χ2n) is 5.90. The molecule has 0 fully saturated rings. The van der Waals surface area contributed by atoms with E-state index in [1.165, 1.54) is 0 Å². The van der Waals surface area contributed by atoms with Gasteiger partial charge in [-0.1, -0.05) is 12.1 Å². The number of anilines is 1. The number of hydrogen-bond donors (Lipinski definition) is 3. The first-order chi connectivity index (χ1) is 12.6. The van der Waals surface area contributed by atoms with E-state index in [1.54, 1.807) is 16.8 Å². The summed E-state index contributed by atoms with van der Waals surface area (Å²) in [6, 6.07) is 11.0. The van der Waals surface area contributed by atoms with Gasteiger partial charge in [-0.2, -0.15) is 0 Å². The fourth-order valence-corrected chi connectivity index (χ4v) is 3.15. The number of primary amides is 1. The molecule has 8 heteroatoms. The van der Waals surface area contributed by atoms with Gasteiger partial charge in [0.05, 0.1) is 0 Å². The lowest BCUT2D eigenvalue weighted by atomic mass is 10.1. The third-order valence-electron chi connectivity index (χ3n) is 4.05. The van der Waals surface area contributed by atoms with E-state index in [0.29, 0.717) is 36.5 Å². The first kappa shape index (κ1) is 18.6. The van der Waals surface area contributed by atoms with Crippen molar-refractivity contribution < 1.29 is 9.90 Å². The third kappa shape index (κ3) is 4.13. The Kier molecular flexibility index (Phi) is 6.04. The predicted molar refractivity (Wildman–Crippen MR) is 109 cm³/mol. The zero-order chi connectivity index (χ0) is 18.5. The standard InChI is InChI=1S/C18H20IN5O2/c19-13-6-4-12(5-7-13)11-15(16(20)26)24-17-14(3-1-8-21-17)23-18(24)22-9-2-10-25/h1,3-8,15,25H,2,9-11H2,(H2,20,26)(H,22,23). The highest BCUT2D eigenvalue weighted by molar-refractivity contribution is 14.1. The van der Waals surface area contributed by atoms with E-state index >= 15 is 0 Å². The van der Waals surface area contributed by atoms with Gasteiger partial charge >= 0.3 is 0 Å². The normalized spacial score (nSPS) is 12.2. The van der Waals surface area contributed by atoms with E-state index in [2.05, 4.69) is 37.9 Å². The van der Waals surface area contributed by atoms with E-state index in [1.807, 2.05) is 30.3 Å². The van der Waals surface area contributed by atoms with E-state index < -0.39 is 11.9 Å². The number of aliphatic hydroxyl groups is 1. The van der Waals surface area contributed by atoms with E-state index in [4.69, 9.17) is 10.8 Å². The Morgan fingerprint density at radius 3 is 2.77 bits per heavy atom. The molecule has 0 aliphatic rings. The number of halogens is 1. The van der Waals surface area contributed by atoms with Crippen LogP contribution in [0.4, 0.5) is 5.95 Å². The Bertz CT molecular complexity index is 894. The number of pyridine rings is 1. The summed E-state index contributed by atoms with van der Waals surface area (Å²) in [6.45, 7) is 0.613. The molecule has 1 unspecified atom stereocenters. The molecule has 0 aliphatic carbocycles. The topological polar surface area (TPSA) is 106 Å². The summed E-state index contributed by atoms with van der Waals surface area (Å²) in [6.07, 6.45) is 2.69. The Labute approximate surface area is 164 Å². The van der Waals surface area contributed by atoms with Crippen molar-refractivity contribution in [2.45, 2.75) is 18.9 Å². The molecule has 1 aromatic carbocycles. The molecule has 1 atom stereocenters. The van der Waals surface area contributed by atoms with Crippen molar-refractivity contribution in [1.29, 1.82) is 0 Å². The number of nitrogens with two attached hydrogens (primary N) is 1. The third-order valence-corrected chi connectivity index (χ3v) is 4.77. The second-order valence-corrected chi connectivity index (χ2v) is 7.15. The lowest BCUT2D eigenvalue weighted by Crippen LogP contribution is -2.29.